The van der Waals surface area contributed by atoms with Gasteiger partial charge in [0.05, 0.1) is 37.5 Å². The topological polar surface area (TPSA) is 157 Å². The number of dihydropyridines is 1. The van der Waals surface area contributed by atoms with E-state index in [1.54, 1.807) is 43.6 Å². The van der Waals surface area contributed by atoms with Gasteiger partial charge in [0, 0.05) is 13.2 Å². The first-order valence-corrected chi connectivity index (χ1v) is 14.5. The van der Waals surface area contributed by atoms with E-state index in [-0.39, 0.29) is 5.91 Å². The van der Waals surface area contributed by atoms with Gasteiger partial charge in [-0.3, -0.25) is 4.79 Å². The molecule has 42 heavy (non-hydrogen) atoms. The van der Waals surface area contributed by atoms with Crippen LogP contribution in [0.4, 0.5) is 17.3 Å². The van der Waals surface area contributed by atoms with Gasteiger partial charge in [0.2, 0.25) is 0 Å². The number of ether oxygens (including phenoxy) is 1. The van der Waals surface area contributed by atoms with E-state index in [2.05, 4.69) is 77.7 Å². The number of hydrogen-bond donors (Lipinski definition) is 6. The summed E-state index contributed by atoms with van der Waals surface area (Å²) in [4.78, 5) is 20.8. The van der Waals surface area contributed by atoms with Gasteiger partial charge >= 0.3 is 0 Å². The Morgan fingerprint density at radius 3 is 2.52 bits per heavy atom. The molecule has 230 valence electrons. The van der Waals surface area contributed by atoms with Crippen molar-refractivity contribution < 1.29 is 14.8 Å². The predicted molar refractivity (Wildman–Crippen MR) is 175 cm³/mol. The van der Waals surface area contributed by atoms with Crippen LogP contribution in [-0.2, 0) is 4.79 Å². The minimum Gasteiger partial charge on any atom is -0.495 e. The molecule has 0 bridgehead atoms. The molecule has 0 saturated carbocycles. The van der Waals surface area contributed by atoms with Crippen LogP contribution in [0.15, 0.2) is 72.9 Å². The molecule has 1 aliphatic rings. The normalized spacial score (nSPS) is 12.7. The number of anilines is 3. The number of nitrogen functional groups attached to an aromatic ring is 1. The van der Waals surface area contributed by atoms with Crippen molar-refractivity contribution in [1.29, 1.82) is 0 Å². The van der Waals surface area contributed by atoms with Gasteiger partial charge in [-0.1, -0.05) is 57.2 Å². The maximum absolute atomic E-state index is 12.6. The number of rotatable bonds is 12. The molecule has 10 heteroatoms. The molecule has 1 aromatic carbocycles. The number of aromatic nitrogens is 2. The second-order valence-electron chi connectivity index (χ2n) is 9.40. The monoisotopic (exact) mass is 579 g/mol. The molecule has 1 unspecified atom stereocenters. The highest BCUT2D eigenvalue weighted by atomic mass is 16.5. The third-order valence-corrected chi connectivity index (χ3v) is 6.23. The Kier molecular flexibility index (Phi) is 17.7. The van der Waals surface area contributed by atoms with Gasteiger partial charge < -0.3 is 37.5 Å². The molecular weight excluding hydrogens is 528 g/mol. The van der Waals surface area contributed by atoms with E-state index in [0.29, 0.717) is 40.8 Å². The SMILES string of the molecule is C/C=C\CCC.C=CC1=CNC(C(=O)Nc2ccc(C(N)c3c(N)ncnc3NC)cc2OC)=CC1.CCC[NH2+]CC. The highest BCUT2D eigenvalue weighted by Gasteiger charge is 2.20. The zero-order valence-corrected chi connectivity index (χ0v) is 26.2. The number of nitrogens with one attached hydrogen (secondary N) is 3. The summed E-state index contributed by atoms with van der Waals surface area (Å²) in [6.45, 7) is 14.8. The Morgan fingerprint density at radius 2 is 2.02 bits per heavy atom. The van der Waals surface area contributed by atoms with Crippen LogP contribution >= 0.6 is 0 Å². The van der Waals surface area contributed by atoms with Gasteiger partial charge in [-0.2, -0.15) is 0 Å². The molecule has 2 heterocycles. The lowest BCUT2D eigenvalue weighted by Crippen LogP contribution is -2.83. The summed E-state index contributed by atoms with van der Waals surface area (Å²) < 4.78 is 5.47. The largest absolute Gasteiger partial charge is 0.495 e. The molecule has 1 amide bonds. The number of methoxy groups -OCH3 is 1. The van der Waals surface area contributed by atoms with Crippen molar-refractivity contribution in [2.75, 3.05) is 43.6 Å². The number of benzene rings is 1. The second kappa shape index (κ2) is 20.7. The summed E-state index contributed by atoms with van der Waals surface area (Å²) in [7, 11) is 3.26. The van der Waals surface area contributed by atoms with Gasteiger partial charge in [-0.05, 0) is 56.4 Å². The fourth-order valence-electron chi connectivity index (χ4n) is 3.83. The third-order valence-electron chi connectivity index (χ3n) is 6.23. The van der Waals surface area contributed by atoms with Gasteiger partial charge in [0.15, 0.2) is 0 Å². The Morgan fingerprint density at radius 1 is 1.26 bits per heavy atom. The maximum atomic E-state index is 12.6. The van der Waals surface area contributed by atoms with Crippen molar-refractivity contribution in [2.45, 2.75) is 59.4 Å². The molecule has 2 aromatic rings. The highest BCUT2D eigenvalue weighted by Crippen LogP contribution is 2.33. The van der Waals surface area contributed by atoms with Crippen LogP contribution < -0.4 is 37.5 Å². The standard InChI is InChI=1S/C21H25N7O2.C6H12.C5H13N/c1-4-12-5-7-15(25-10-12)21(29)28-14-8-6-13(9-16(14)30-3)18(22)17-19(23)26-11-27-20(17)24-2;2*1-3-5-6-4-2/h4,6-11,18,25H,1,5,22H2,2-3H3,(H,28,29)(H3,23,24,26,27);3,5H,4,6H2,1-2H3;6H,3-5H2,1-2H3/p+1/b;5-3-;. The molecule has 1 aliphatic heterocycles. The number of hydrogen-bond acceptors (Lipinski definition) is 8. The quantitative estimate of drug-likeness (QED) is 0.160. The van der Waals surface area contributed by atoms with Crippen LogP contribution in [0.2, 0.25) is 0 Å². The number of nitrogens with zero attached hydrogens (tertiary/aromatic N) is 2. The average molecular weight is 580 g/mol. The van der Waals surface area contributed by atoms with Crippen molar-refractivity contribution in [2.24, 2.45) is 5.73 Å². The lowest BCUT2D eigenvalue weighted by molar-refractivity contribution is -0.651. The van der Waals surface area contributed by atoms with E-state index in [1.807, 2.05) is 0 Å². The first kappa shape index (κ1) is 35.9. The van der Waals surface area contributed by atoms with Gasteiger partial charge in [-0.15, -0.1) is 0 Å². The molecule has 0 saturated heterocycles. The van der Waals surface area contributed by atoms with Crippen LogP contribution in [-0.4, -0.2) is 43.1 Å². The summed E-state index contributed by atoms with van der Waals surface area (Å²) >= 11 is 0. The van der Waals surface area contributed by atoms with Gasteiger partial charge in [-0.25, -0.2) is 9.97 Å². The minimum absolute atomic E-state index is 0.275. The molecule has 10 nitrogen and oxygen atoms in total. The molecule has 0 radical (unpaired) electrons. The predicted octanol–water partition coefficient (Wildman–Crippen LogP) is 4.39. The summed E-state index contributed by atoms with van der Waals surface area (Å²) in [5.74, 6) is 1.04. The van der Waals surface area contributed by atoms with Crippen LogP contribution in [0.5, 0.6) is 5.75 Å². The van der Waals surface area contributed by atoms with Crippen molar-refractivity contribution in [3.8, 4) is 5.75 Å². The van der Waals surface area contributed by atoms with Crippen molar-refractivity contribution in [1.82, 2.24) is 15.3 Å². The zero-order valence-electron chi connectivity index (χ0n) is 26.2. The van der Waals surface area contributed by atoms with E-state index < -0.39 is 6.04 Å². The molecule has 0 fully saturated rings. The van der Waals surface area contributed by atoms with Gasteiger partial charge in [0.25, 0.3) is 5.91 Å². The summed E-state index contributed by atoms with van der Waals surface area (Å²) in [5.41, 5.74) is 15.8. The fourth-order valence-corrected chi connectivity index (χ4v) is 3.83. The molecule has 1 atom stereocenters. The van der Waals surface area contributed by atoms with E-state index in [4.69, 9.17) is 16.2 Å². The number of carbonyl (C=O) groups is 1. The number of unbranched alkanes of at least 4 members (excludes halogenated alkanes) is 1. The van der Waals surface area contributed by atoms with Crippen molar-refractivity contribution in [3.63, 3.8) is 0 Å². The minimum atomic E-state index is -0.586. The molecule has 0 aliphatic carbocycles. The zero-order chi connectivity index (χ0) is 31.3. The molecule has 1 aromatic heterocycles. The fraction of sp³-hybridized carbons (Fsp3) is 0.406. The lowest BCUT2D eigenvalue weighted by atomic mass is 9.99. The van der Waals surface area contributed by atoms with E-state index >= 15 is 0 Å². The Bertz CT molecular complexity index is 1200. The molecule has 0 spiro atoms. The summed E-state index contributed by atoms with van der Waals surface area (Å²) in [6, 6.07) is 4.70. The van der Waals surface area contributed by atoms with E-state index in [1.165, 1.54) is 45.8 Å². The van der Waals surface area contributed by atoms with E-state index in [9.17, 15) is 4.79 Å². The Balaban J connectivity index is 0.000000618. The Hall–Kier alpha value is -4.15. The highest BCUT2D eigenvalue weighted by molar-refractivity contribution is 6.04. The number of amides is 1. The van der Waals surface area contributed by atoms with Crippen molar-refractivity contribution >= 4 is 23.2 Å². The number of nitrogens with two attached hydrogens (primary N) is 3. The second-order valence-corrected chi connectivity index (χ2v) is 9.40. The maximum Gasteiger partial charge on any atom is 0.271 e. The van der Waals surface area contributed by atoms with Crippen molar-refractivity contribution in [3.05, 3.63) is 84.0 Å². The smallest absolute Gasteiger partial charge is 0.271 e. The molecule has 9 N–H and O–H groups in total. The van der Waals surface area contributed by atoms with Crippen LogP contribution in [0.3, 0.4) is 0 Å². The van der Waals surface area contributed by atoms with E-state index in [0.717, 1.165) is 11.1 Å². The number of carbonyl (C=O) groups excluding carboxylic acids is 1. The first-order valence-electron chi connectivity index (χ1n) is 14.5. The molecular formula is C32H51N8O2+. The molecule has 3 rings (SSSR count). The third kappa shape index (κ3) is 11.8. The summed E-state index contributed by atoms with van der Waals surface area (Å²) in [5, 5.41) is 11.1. The van der Waals surface area contributed by atoms with Crippen LogP contribution in [0, 0.1) is 0 Å². The van der Waals surface area contributed by atoms with Crippen LogP contribution in [0.25, 0.3) is 0 Å². The number of allylic oxidation sites excluding steroid dienone is 5. The van der Waals surface area contributed by atoms with Gasteiger partial charge in [0.1, 0.15) is 29.4 Å². The Labute approximate surface area is 251 Å². The van der Waals surface area contributed by atoms with Crippen LogP contribution in [0.1, 0.15) is 70.5 Å². The average Bonchev–Trinajstić information content (AvgIpc) is 3.03. The number of quaternary nitrogens is 1. The lowest BCUT2D eigenvalue weighted by Gasteiger charge is -2.19. The summed E-state index contributed by atoms with van der Waals surface area (Å²) in [6.07, 6.45) is 15.4. The first-order chi connectivity index (χ1) is 20.3.